The summed E-state index contributed by atoms with van der Waals surface area (Å²) in [5.41, 5.74) is 6.48. The Labute approximate surface area is 88.0 Å². The molecule has 2 aromatic rings. The van der Waals surface area contributed by atoms with E-state index in [0.29, 0.717) is 11.6 Å². The summed E-state index contributed by atoms with van der Waals surface area (Å²) >= 11 is 0. The Kier molecular flexibility index (Phi) is 2.62. The molecule has 0 saturated carbocycles. The fourth-order valence-corrected chi connectivity index (χ4v) is 1.34. The molecule has 2 rings (SSSR count). The van der Waals surface area contributed by atoms with Crippen LogP contribution in [0.25, 0.3) is 11.4 Å². The largest absolute Gasteiger partial charge is 0.384 e. The fourth-order valence-electron chi connectivity index (χ4n) is 1.34. The summed E-state index contributed by atoms with van der Waals surface area (Å²) in [5, 5.41) is 4.21. The molecule has 0 atom stereocenters. The lowest BCUT2D eigenvalue weighted by Crippen LogP contribution is -1.96. The zero-order chi connectivity index (χ0) is 10.7. The van der Waals surface area contributed by atoms with Gasteiger partial charge < -0.3 is 5.73 Å². The number of aryl methyl sites for hydroxylation is 1. The van der Waals surface area contributed by atoms with Crippen LogP contribution in [0.3, 0.4) is 0 Å². The van der Waals surface area contributed by atoms with Crippen molar-refractivity contribution in [1.29, 1.82) is 0 Å². The average Bonchev–Trinajstić information content (AvgIpc) is 2.67. The summed E-state index contributed by atoms with van der Waals surface area (Å²) in [6.07, 6.45) is 6.39. The minimum Gasteiger partial charge on any atom is -0.384 e. The molecule has 0 saturated heterocycles. The van der Waals surface area contributed by atoms with Gasteiger partial charge in [-0.15, -0.1) is 0 Å². The number of nitrogens with zero attached hydrogens (tertiary/aromatic N) is 4. The lowest BCUT2D eigenvalue weighted by molar-refractivity contribution is 0.603. The molecule has 0 fully saturated rings. The lowest BCUT2D eigenvalue weighted by atomic mass is 10.3. The summed E-state index contributed by atoms with van der Waals surface area (Å²) in [4.78, 5) is 8.27. The van der Waals surface area contributed by atoms with Crippen molar-refractivity contribution in [2.45, 2.75) is 19.9 Å². The van der Waals surface area contributed by atoms with Gasteiger partial charge in [0, 0.05) is 18.9 Å². The maximum absolute atomic E-state index is 5.58. The van der Waals surface area contributed by atoms with Gasteiger partial charge in [-0.2, -0.15) is 5.10 Å². The molecule has 0 aliphatic carbocycles. The van der Waals surface area contributed by atoms with Crippen molar-refractivity contribution >= 4 is 5.82 Å². The molecule has 2 aromatic heterocycles. The standard InChI is InChI=1S/C10H13N5/c1-2-5-15-7-8(6-13-15)10-12-4-3-9(11)14-10/h3-4,6-7H,2,5H2,1H3,(H2,11,12,14). The molecule has 0 radical (unpaired) electrons. The second kappa shape index (κ2) is 4.08. The minimum absolute atomic E-state index is 0.475. The van der Waals surface area contributed by atoms with Crippen molar-refractivity contribution < 1.29 is 0 Å². The molecule has 5 heteroatoms. The Hall–Kier alpha value is -1.91. The maximum Gasteiger partial charge on any atom is 0.164 e. The average molecular weight is 203 g/mol. The molecule has 15 heavy (non-hydrogen) atoms. The molecule has 0 aliphatic heterocycles. The summed E-state index contributed by atoms with van der Waals surface area (Å²) in [6.45, 7) is 3.01. The highest BCUT2D eigenvalue weighted by atomic mass is 15.3. The first-order valence-electron chi connectivity index (χ1n) is 4.91. The number of aromatic nitrogens is 4. The van der Waals surface area contributed by atoms with Gasteiger partial charge in [0.2, 0.25) is 0 Å². The van der Waals surface area contributed by atoms with Crippen LogP contribution >= 0.6 is 0 Å². The van der Waals surface area contributed by atoms with Crippen LogP contribution < -0.4 is 5.73 Å². The Morgan fingerprint density at radius 1 is 1.47 bits per heavy atom. The van der Waals surface area contributed by atoms with Crippen molar-refractivity contribution in [2.75, 3.05) is 5.73 Å². The van der Waals surface area contributed by atoms with Crippen molar-refractivity contribution in [2.24, 2.45) is 0 Å². The van der Waals surface area contributed by atoms with Crippen molar-refractivity contribution in [1.82, 2.24) is 19.7 Å². The number of nitrogens with two attached hydrogens (primary N) is 1. The molecule has 0 unspecified atom stereocenters. The topological polar surface area (TPSA) is 69.6 Å². The molecule has 0 bridgehead atoms. The highest BCUT2D eigenvalue weighted by Crippen LogP contribution is 2.13. The van der Waals surface area contributed by atoms with E-state index < -0.39 is 0 Å². The van der Waals surface area contributed by atoms with Gasteiger partial charge in [0.25, 0.3) is 0 Å². The van der Waals surface area contributed by atoms with Crippen LogP contribution in [-0.2, 0) is 6.54 Å². The monoisotopic (exact) mass is 203 g/mol. The van der Waals surface area contributed by atoms with Gasteiger partial charge in [0.05, 0.1) is 11.8 Å². The van der Waals surface area contributed by atoms with Crippen LogP contribution in [0, 0.1) is 0 Å². The molecule has 0 amide bonds. The molecular formula is C10H13N5. The van der Waals surface area contributed by atoms with Crippen LogP contribution in [0.1, 0.15) is 13.3 Å². The SMILES string of the molecule is CCCn1cc(-c2nccc(N)n2)cn1. The van der Waals surface area contributed by atoms with E-state index in [9.17, 15) is 0 Å². The fraction of sp³-hybridized carbons (Fsp3) is 0.300. The molecule has 78 valence electrons. The number of anilines is 1. The zero-order valence-corrected chi connectivity index (χ0v) is 8.59. The Balaban J connectivity index is 2.29. The second-order valence-electron chi connectivity index (χ2n) is 3.30. The maximum atomic E-state index is 5.58. The first kappa shape index (κ1) is 9.64. The third-order valence-electron chi connectivity index (χ3n) is 2.02. The van der Waals surface area contributed by atoms with E-state index in [2.05, 4.69) is 22.0 Å². The smallest absolute Gasteiger partial charge is 0.164 e. The first-order chi connectivity index (χ1) is 7.29. The first-order valence-corrected chi connectivity index (χ1v) is 4.91. The number of rotatable bonds is 3. The molecule has 5 nitrogen and oxygen atoms in total. The molecule has 0 spiro atoms. The van der Waals surface area contributed by atoms with Gasteiger partial charge >= 0.3 is 0 Å². The van der Waals surface area contributed by atoms with Gasteiger partial charge in [0.1, 0.15) is 5.82 Å². The Morgan fingerprint density at radius 3 is 3.07 bits per heavy atom. The van der Waals surface area contributed by atoms with E-state index in [1.807, 2.05) is 10.9 Å². The number of nitrogen functional groups attached to an aromatic ring is 1. The highest BCUT2D eigenvalue weighted by Gasteiger charge is 2.04. The molecule has 0 aromatic carbocycles. The van der Waals surface area contributed by atoms with Crippen molar-refractivity contribution in [3.8, 4) is 11.4 Å². The molecule has 2 N–H and O–H groups in total. The van der Waals surface area contributed by atoms with Crippen LogP contribution in [0.15, 0.2) is 24.7 Å². The third-order valence-corrected chi connectivity index (χ3v) is 2.02. The van der Waals surface area contributed by atoms with Crippen LogP contribution in [-0.4, -0.2) is 19.7 Å². The quantitative estimate of drug-likeness (QED) is 0.817. The van der Waals surface area contributed by atoms with Gasteiger partial charge in [-0.05, 0) is 12.5 Å². The van der Waals surface area contributed by atoms with Gasteiger partial charge in [-0.1, -0.05) is 6.92 Å². The molecule has 2 heterocycles. The van der Waals surface area contributed by atoms with Gasteiger partial charge in [0.15, 0.2) is 5.82 Å². The van der Waals surface area contributed by atoms with E-state index in [4.69, 9.17) is 5.73 Å². The van der Waals surface area contributed by atoms with Crippen molar-refractivity contribution in [3.05, 3.63) is 24.7 Å². The van der Waals surface area contributed by atoms with E-state index in [1.54, 1.807) is 18.5 Å². The summed E-state index contributed by atoms with van der Waals surface area (Å²) in [6, 6.07) is 1.67. The van der Waals surface area contributed by atoms with E-state index in [0.717, 1.165) is 18.5 Å². The van der Waals surface area contributed by atoms with Gasteiger partial charge in [-0.3, -0.25) is 4.68 Å². The second-order valence-corrected chi connectivity index (χ2v) is 3.30. The van der Waals surface area contributed by atoms with E-state index in [1.165, 1.54) is 0 Å². The summed E-state index contributed by atoms with van der Waals surface area (Å²) < 4.78 is 1.88. The predicted octanol–water partition coefficient (Wildman–Crippen LogP) is 1.33. The Bertz CT molecular complexity index is 449. The predicted molar refractivity (Wildman–Crippen MR) is 58.0 cm³/mol. The normalized spacial score (nSPS) is 10.5. The lowest BCUT2D eigenvalue weighted by Gasteiger charge is -1.97. The minimum atomic E-state index is 0.475. The van der Waals surface area contributed by atoms with E-state index in [-0.39, 0.29) is 0 Å². The van der Waals surface area contributed by atoms with Crippen molar-refractivity contribution in [3.63, 3.8) is 0 Å². The number of hydrogen-bond donors (Lipinski definition) is 1. The van der Waals surface area contributed by atoms with Crippen LogP contribution in [0.5, 0.6) is 0 Å². The third kappa shape index (κ3) is 2.12. The van der Waals surface area contributed by atoms with E-state index >= 15 is 0 Å². The molecular weight excluding hydrogens is 190 g/mol. The zero-order valence-electron chi connectivity index (χ0n) is 8.59. The molecule has 0 aliphatic rings. The highest BCUT2D eigenvalue weighted by molar-refractivity contribution is 5.53. The summed E-state index contributed by atoms with van der Waals surface area (Å²) in [7, 11) is 0. The van der Waals surface area contributed by atoms with Crippen LogP contribution in [0.2, 0.25) is 0 Å². The van der Waals surface area contributed by atoms with Gasteiger partial charge in [-0.25, -0.2) is 9.97 Å². The Morgan fingerprint density at radius 2 is 2.33 bits per heavy atom. The van der Waals surface area contributed by atoms with Crippen LogP contribution in [0.4, 0.5) is 5.82 Å². The summed E-state index contributed by atoms with van der Waals surface area (Å²) in [5.74, 6) is 1.10. The number of hydrogen-bond acceptors (Lipinski definition) is 4.